The van der Waals surface area contributed by atoms with Gasteiger partial charge in [0, 0.05) is 49.6 Å². The summed E-state index contributed by atoms with van der Waals surface area (Å²) in [6.45, 7) is 4.75. The third kappa shape index (κ3) is 6.34. The van der Waals surface area contributed by atoms with E-state index in [1.165, 1.54) is 17.8 Å². The molecule has 0 amide bonds. The molecule has 37 heavy (non-hydrogen) atoms. The van der Waals surface area contributed by atoms with Gasteiger partial charge in [-0.3, -0.25) is 4.90 Å². The van der Waals surface area contributed by atoms with Gasteiger partial charge in [-0.15, -0.1) is 6.42 Å². The lowest BCUT2D eigenvalue weighted by Gasteiger charge is -2.40. The van der Waals surface area contributed by atoms with Gasteiger partial charge >= 0.3 is 0 Å². The van der Waals surface area contributed by atoms with Gasteiger partial charge < -0.3 is 24.8 Å². The Labute approximate surface area is 222 Å². The zero-order valence-corrected chi connectivity index (χ0v) is 21.6. The van der Waals surface area contributed by atoms with Gasteiger partial charge in [-0.05, 0) is 65.2 Å². The summed E-state index contributed by atoms with van der Waals surface area (Å²) >= 11 is 1.51. The number of hydrogen-bond donors (Lipinski definition) is 3. The highest BCUT2D eigenvalue weighted by Gasteiger charge is 2.33. The number of nitrogens with zero attached hydrogens (tertiary/aromatic N) is 1. The molecule has 0 bridgehead atoms. The number of phenols is 1. The first-order chi connectivity index (χ1) is 18.0. The van der Waals surface area contributed by atoms with Gasteiger partial charge in [-0.1, -0.05) is 35.9 Å². The Balaban J connectivity index is 1.21. The van der Waals surface area contributed by atoms with Crippen molar-refractivity contribution in [2.45, 2.75) is 31.5 Å². The molecule has 2 saturated heterocycles. The standard InChI is InChI=1S/C30H33NO5S/c1-2-3-24(33)14-27-15-28(30(37-27)22-4-8-23(32)9-5-22)29(34)21-6-10-25(11-7-21)36-26-17-31(18-26)16-20-12-13-35-19-20/h1,3-6,8-11,14,20-21,26,29,32-34H,7,12-13,15-19H2/b24-3+,27-14+/t20?,21?,29-/m0/s1. The first-order valence-electron chi connectivity index (χ1n) is 12.8. The molecule has 0 aromatic heterocycles. The molecule has 194 valence electrons. The fraction of sp³-hybridized carbons (Fsp3) is 0.400. The van der Waals surface area contributed by atoms with Crippen LogP contribution in [0.1, 0.15) is 24.8 Å². The van der Waals surface area contributed by atoms with Crippen molar-refractivity contribution in [3.05, 3.63) is 82.2 Å². The maximum Gasteiger partial charge on any atom is 0.124 e. The number of phenolic OH excluding ortho intramolecular Hbond substituents is 1. The number of benzene rings is 1. The lowest BCUT2D eigenvalue weighted by molar-refractivity contribution is -0.0258. The fourth-order valence-corrected chi connectivity index (χ4v) is 6.44. The normalized spacial score (nSPS) is 26.8. The van der Waals surface area contributed by atoms with E-state index >= 15 is 0 Å². The van der Waals surface area contributed by atoms with Gasteiger partial charge in [0.1, 0.15) is 23.4 Å². The number of aliphatic hydroxyl groups is 2. The molecule has 3 N–H and O–H groups in total. The number of aromatic hydroxyl groups is 1. The second-order valence-corrected chi connectivity index (χ2v) is 11.2. The molecule has 3 aliphatic heterocycles. The largest absolute Gasteiger partial charge is 0.508 e. The lowest BCUT2D eigenvalue weighted by atomic mass is 9.87. The van der Waals surface area contributed by atoms with Crippen LogP contribution in [0.4, 0.5) is 0 Å². The van der Waals surface area contributed by atoms with E-state index in [1.54, 1.807) is 18.2 Å². The minimum absolute atomic E-state index is 0.0132. The van der Waals surface area contributed by atoms with Crippen molar-refractivity contribution in [3.63, 3.8) is 0 Å². The summed E-state index contributed by atoms with van der Waals surface area (Å²) in [5, 5.41) is 31.2. The van der Waals surface area contributed by atoms with Crippen molar-refractivity contribution < 1.29 is 24.8 Å². The van der Waals surface area contributed by atoms with Crippen molar-refractivity contribution in [1.82, 2.24) is 4.90 Å². The van der Waals surface area contributed by atoms with E-state index in [9.17, 15) is 15.3 Å². The number of terminal acetylenes is 1. The van der Waals surface area contributed by atoms with Crippen LogP contribution >= 0.6 is 11.8 Å². The maximum absolute atomic E-state index is 11.4. The van der Waals surface area contributed by atoms with Crippen LogP contribution in [0.15, 0.2) is 76.6 Å². The molecule has 3 heterocycles. The smallest absolute Gasteiger partial charge is 0.124 e. The van der Waals surface area contributed by atoms with Crippen LogP contribution in [-0.2, 0) is 9.47 Å². The van der Waals surface area contributed by atoms with Gasteiger partial charge in [-0.2, -0.15) is 0 Å². The van der Waals surface area contributed by atoms with Crippen molar-refractivity contribution in [2.24, 2.45) is 11.8 Å². The van der Waals surface area contributed by atoms with Gasteiger partial charge in [-0.25, -0.2) is 0 Å². The molecule has 1 aromatic rings. The van der Waals surface area contributed by atoms with Gasteiger partial charge in [0.05, 0.1) is 12.7 Å². The Morgan fingerprint density at radius 1 is 1.30 bits per heavy atom. The molecular formula is C30H33NO5S. The number of rotatable bonds is 8. The van der Waals surface area contributed by atoms with E-state index in [-0.39, 0.29) is 23.5 Å². The molecule has 0 spiro atoms. The first-order valence-corrected chi connectivity index (χ1v) is 13.6. The van der Waals surface area contributed by atoms with Gasteiger partial charge in [0.15, 0.2) is 0 Å². The molecule has 2 fully saturated rings. The van der Waals surface area contributed by atoms with Crippen LogP contribution in [0.5, 0.6) is 5.75 Å². The quantitative estimate of drug-likeness (QED) is 0.338. The summed E-state index contributed by atoms with van der Waals surface area (Å²) in [6.07, 6.45) is 16.2. The van der Waals surface area contributed by atoms with Crippen LogP contribution < -0.4 is 0 Å². The van der Waals surface area contributed by atoms with Crippen LogP contribution in [0.2, 0.25) is 0 Å². The second-order valence-electron chi connectivity index (χ2n) is 10.0. The fourth-order valence-electron chi connectivity index (χ4n) is 5.20. The maximum atomic E-state index is 11.4. The average molecular weight is 520 g/mol. The van der Waals surface area contributed by atoms with Gasteiger partial charge in [0.25, 0.3) is 0 Å². The predicted octanol–water partition coefficient (Wildman–Crippen LogP) is 4.76. The lowest BCUT2D eigenvalue weighted by Crippen LogP contribution is -2.53. The topological polar surface area (TPSA) is 82.4 Å². The van der Waals surface area contributed by atoms with E-state index in [2.05, 4.69) is 16.9 Å². The number of ether oxygens (including phenoxy) is 2. The number of likely N-dealkylation sites (tertiary alicyclic amines) is 1. The SMILES string of the molecule is C#C/C=C(O)\C=C1/CC([C@@H](O)C2C=CC(OC3CN(CC4CCOC4)C3)=CC2)=C(c2ccc(O)cc2)S1. The molecule has 2 unspecified atom stereocenters. The Morgan fingerprint density at radius 3 is 2.78 bits per heavy atom. The molecule has 5 rings (SSSR count). The highest BCUT2D eigenvalue weighted by atomic mass is 32.2. The Morgan fingerprint density at radius 2 is 2.11 bits per heavy atom. The van der Waals surface area contributed by atoms with E-state index in [1.807, 2.05) is 24.3 Å². The molecule has 0 radical (unpaired) electrons. The van der Waals surface area contributed by atoms with E-state index in [0.717, 1.165) is 66.0 Å². The van der Waals surface area contributed by atoms with E-state index in [4.69, 9.17) is 15.9 Å². The molecular weight excluding hydrogens is 486 g/mol. The Bertz CT molecular complexity index is 1180. The van der Waals surface area contributed by atoms with Crippen molar-refractivity contribution in [2.75, 3.05) is 32.8 Å². The van der Waals surface area contributed by atoms with Crippen molar-refractivity contribution in [1.29, 1.82) is 0 Å². The zero-order valence-electron chi connectivity index (χ0n) is 20.8. The van der Waals surface area contributed by atoms with Crippen molar-refractivity contribution >= 4 is 16.7 Å². The summed E-state index contributed by atoms with van der Waals surface area (Å²) in [7, 11) is 0. The molecule has 0 saturated carbocycles. The summed E-state index contributed by atoms with van der Waals surface area (Å²) in [4.78, 5) is 4.27. The number of hydrogen-bond acceptors (Lipinski definition) is 7. The van der Waals surface area contributed by atoms with Gasteiger partial charge in [0.2, 0.25) is 0 Å². The molecule has 3 atom stereocenters. The summed E-state index contributed by atoms with van der Waals surface area (Å²) in [5.41, 5.74) is 1.81. The van der Waals surface area contributed by atoms with E-state index in [0.29, 0.717) is 18.8 Å². The molecule has 6 nitrogen and oxygen atoms in total. The summed E-state index contributed by atoms with van der Waals surface area (Å²) in [5.74, 6) is 3.98. The number of aliphatic hydroxyl groups excluding tert-OH is 2. The first kappa shape index (κ1) is 25.7. The predicted molar refractivity (Wildman–Crippen MR) is 146 cm³/mol. The van der Waals surface area contributed by atoms with E-state index < -0.39 is 6.10 Å². The second kappa shape index (κ2) is 11.7. The Hall–Kier alpha value is -2.89. The molecule has 7 heteroatoms. The molecule has 1 aromatic carbocycles. The molecule has 4 aliphatic rings. The summed E-state index contributed by atoms with van der Waals surface area (Å²) in [6, 6.07) is 6.96. The third-order valence-corrected chi connectivity index (χ3v) is 8.41. The van der Waals surface area contributed by atoms with Crippen LogP contribution in [0.25, 0.3) is 4.91 Å². The van der Waals surface area contributed by atoms with Crippen LogP contribution in [0, 0.1) is 24.2 Å². The Kier molecular flexibility index (Phi) is 8.11. The van der Waals surface area contributed by atoms with Crippen LogP contribution in [-0.4, -0.2) is 65.3 Å². The third-order valence-electron chi connectivity index (χ3n) is 7.19. The van der Waals surface area contributed by atoms with Crippen LogP contribution in [0.3, 0.4) is 0 Å². The number of allylic oxidation sites excluding steroid dienone is 5. The average Bonchev–Trinajstić information content (AvgIpc) is 3.53. The highest BCUT2D eigenvalue weighted by Crippen LogP contribution is 2.49. The zero-order chi connectivity index (χ0) is 25.8. The number of thioether (sulfide) groups is 1. The minimum atomic E-state index is -0.692. The highest BCUT2D eigenvalue weighted by molar-refractivity contribution is 8.12. The van der Waals surface area contributed by atoms with Crippen molar-refractivity contribution in [3.8, 4) is 18.1 Å². The molecule has 1 aliphatic carbocycles. The monoisotopic (exact) mass is 519 g/mol. The minimum Gasteiger partial charge on any atom is -0.508 e. The summed E-state index contributed by atoms with van der Waals surface area (Å²) < 4.78 is 11.7.